The van der Waals surface area contributed by atoms with E-state index in [-0.39, 0.29) is 11.9 Å². The highest BCUT2D eigenvalue weighted by Gasteiger charge is 2.26. The molecule has 1 saturated heterocycles. The molecule has 1 aliphatic rings. The summed E-state index contributed by atoms with van der Waals surface area (Å²) >= 11 is 0. The molecule has 1 aromatic heterocycles. The number of hydrogen-bond donors (Lipinski definition) is 1. The fourth-order valence-corrected chi connectivity index (χ4v) is 4.69. The fourth-order valence-electron chi connectivity index (χ4n) is 4.69. The van der Waals surface area contributed by atoms with Crippen LogP contribution in [0.5, 0.6) is 0 Å². The lowest BCUT2D eigenvalue weighted by atomic mass is 9.96. The lowest BCUT2D eigenvalue weighted by molar-refractivity contribution is 0.105. The highest BCUT2D eigenvalue weighted by Crippen LogP contribution is 2.30. The van der Waals surface area contributed by atoms with Gasteiger partial charge in [0.2, 0.25) is 5.95 Å². The molecule has 6 heteroatoms. The van der Waals surface area contributed by atoms with Crippen molar-refractivity contribution in [3.8, 4) is 0 Å². The highest BCUT2D eigenvalue weighted by molar-refractivity contribution is 5.78. The maximum Gasteiger partial charge on any atom is 0.200 e. The van der Waals surface area contributed by atoms with Crippen molar-refractivity contribution in [2.75, 3.05) is 31.9 Å². The van der Waals surface area contributed by atoms with Gasteiger partial charge in [0.15, 0.2) is 0 Å². The molecule has 0 bridgehead atoms. The molecule has 0 radical (unpaired) electrons. The number of anilines is 1. The van der Waals surface area contributed by atoms with Gasteiger partial charge in [0.1, 0.15) is 5.82 Å². The molecular weight excluding hydrogens is 401 g/mol. The molecule has 32 heavy (non-hydrogen) atoms. The molecule has 3 aromatic carbocycles. The molecule has 1 unspecified atom stereocenters. The van der Waals surface area contributed by atoms with E-state index >= 15 is 0 Å². The molecule has 5 nitrogen and oxygen atoms in total. The van der Waals surface area contributed by atoms with Gasteiger partial charge in [-0.25, -0.2) is 9.37 Å². The van der Waals surface area contributed by atoms with E-state index < -0.39 is 0 Å². The summed E-state index contributed by atoms with van der Waals surface area (Å²) in [7, 11) is 1.94. The average molecular weight is 430 g/mol. The zero-order valence-electron chi connectivity index (χ0n) is 18.3. The van der Waals surface area contributed by atoms with Crippen molar-refractivity contribution in [1.82, 2.24) is 19.4 Å². The first-order chi connectivity index (χ1) is 15.6. The van der Waals surface area contributed by atoms with Gasteiger partial charge in [-0.05, 0) is 41.0 Å². The number of fused-ring (bicyclic) bond motifs is 1. The lowest BCUT2D eigenvalue weighted by Crippen LogP contribution is -2.47. The van der Waals surface area contributed by atoms with Gasteiger partial charge >= 0.3 is 0 Å². The van der Waals surface area contributed by atoms with Crippen LogP contribution in [0.25, 0.3) is 11.0 Å². The number of nitrogen functional groups attached to an aromatic ring is 1. The van der Waals surface area contributed by atoms with E-state index in [1.54, 1.807) is 12.1 Å². The number of aromatic nitrogens is 2. The van der Waals surface area contributed by atoms with Crippen molar-refractivity contribution < 1.29 is 4.39 Å². The van der Waals surface area contributed by atoms with Crippen molar-refractivity contribution in [3.05, 3.63) is 95.3 Å². The van der Waals surface area contributed by atoms with Crippen LogP contribution in [0.1, 0.15) is 22.7 Å². The monoisotopic (exact) mass is 429 g/mol. The normalized spacial score (nSPS) is 16.4. The lowest BCUT2D eigenvalue weighted by Gasteiger charge is -2.39. The summed E-state index contributed by atoms with van der Waals surface area (Å²) in [5.41, 5.74) is 11.6. The minimum absolute atomic E-state index is 0.131. The number of hydrogen-bond acceptors (Lipinski definition) is 4. The predicted molar refractivity (Wildman–Crippen MR) is 127 cm³/mol. The molecule has 1 atom stereocenters. The minimum Gasteiger partial charge on any atom is -0.369 e. The molecule has 0 aliphatic carbocycles. The Kier molecular flexibility index (Phi) is 5.64. The minimum atomic E-state index is -0.197. The number of rotatable bonds is 5. The Morgan fingerprint density at radius 3 is 2.31 bits per heavy atom. The van der Waals surface area contributed by atoms with Crippen LogP contribution >= 0.6 is 0 Å². The van der Waals surface area contributed by atoms with E-state index in [0.29, 0.717) is 5.95 Å². The van der Waals surface area contributed by atoms with Crippen LogP contribution in [0.15, 0.2) is 72.8 Å². The Morgan fingerprint density at radius 1 is 0.906 bits per heavy atom. The zero-order valence-corrected chi connectivity index (χ0v) is 18.3. The van der Waals surface area contributed by atoms with Gasteiger partial charge in [-0.3, -0.25) is 9.80 Å². The second-order valence-corrected chi connectivity index (χ2v) is 8.53. The molecule has 1 fully saturated rings. The second-order valence-electron chi connectivity index (χ2n) is 8.53. The Bertz CT molecular complexity index is 1190. The molecule has 0 saturated carbocycles. The van der Waals surface area contributed by atoms with E-state index in [9.17, 15) is 4.39 Å². The summed E-state index contributed by atoms with van der Waals surface area (Å²) in [6.07, 6.45) is 0. The molecule has 164 valence electrons. The van der Waals surface area contributed by atoms with E-state index in [0.717, 1.165) is 49.3 Å². The fraction of sp³-hybridized carbons (Fsp3) is 0.269. The van der Waals surface area contributed by atoms with Crippen LogP contribution in [0.2, 0.25) is 0 Å². The summed E-state index contributed by atoms with van der Waals surface area (Å²) in [5.74, 6) is 0.343. The van der Waals surface area contributed by atoms with Gasteiger partial charge in [-0.2, -0.15) is 0 Å². The number of benzene rings is 3. The van der Waals surface area contributed by atoms with Gasteiger partial charge in [0.05, 0.1) is 17.1 Å². The number of imidazole rings is 1. The third-order valence-corrected chi connectivity index (χ3v) is 6.46. The van der Waals surface area contributed by atoms with Crippen molar-refractivity contribution in [2.24, 2.45) is 7.05 Å². The number of piperazine rings is 1. The van der Waals surface area contributed by atoms with Crippen LogP contribution in [0.3, 0.4) is 0 Å². The summed E-state index contributed by atoms with van der Waals surface area (Å²) in [4.78, 5) is 9.45. The van der Waals surface area contributed by atoms with Crippen molar-refractivity contribution in [1.29, 1.82) is 0 Å². The molecule has 2 heterocycles. The molecule has 0 spiro atoms. The first-order valence-electron chi connectivity index (χ1n) is 11.1. The molecule has 2 N–H and O–H groups in total. The van der Waals surface area contributed by atoms with Gasteiger partial charge < -0.3 is 10.3 Å². The van der Waals surface area contributed by atoms with E-state index in [2.05, 4.69) is 57.2 Å². The Labute approximate surface area is 187 Å². The first-order valence-corrected chi connectivity index (χ1v) is 11.1. The standard InChI is InChI=1S/C26H28FN5/c1-30-24-12-7-19(17-23(24)29-26(30)28)18-31-13-15-32(16-14-31)25(20-5-3-2-4-6-20)21-8-10-22(27)11-9-21/h2-12,17,25H,13-16,18H2,1H3,(H2,28,29). The van der Waals surface area contributed by atoms with Crippen LogP contribution in [0, 0.1) is 5.82 Å². The molecule has 1 aliphatic heterocycles. The summed E-state index contributed by atoms with van der Waals surface area (Å²) < 4.78 is 15.5. The number of nitrogens with two attached hydrogens (primary N) is 1. The first kappa shape index (κ1) is 20.7. The van der Waals surface area contributed by atoms with Crippen molar-refractivity contribution in [3.63, 3.8) is 0 Å². The average Bonchev–Trinajstić information content (AvgIpc) is 3.10. The topological polar surface area (TPSA) is 50.3 Å². The van der Waals surface area contributed by atoms with Crippen LogP contribution < -0.4 is 5.73 Å². The molecule has 5 rings (SSSR count). The van der Waals surface area contributed by atoms with E-state index in [1.165, 1.54) is 11.1 Å². The SMILES string of the molecule is Cn1c(N)nc2cc(CN3CCN(C(c4ccccc4)c4ccc(F)cc4)CC3)ccc21. The summed E-state index contributed by atoms with van der Waals surface area (Å²) in [5, 5.41) is 0. The van der Waals surface area contributed by atoms with Crippen LogP contribution in [-0.4, -0.2) is 45.5 Å². The maximum atomic E-state index is 13.5. The van der Waals surface area contributed by atoms with Crippen LogP contribution in [0.4, 0.5) is 10.3 Å². The van der Waals surface area contributed by atoms with Gasteiger partial charge in [-0.15, -0.1) is 0 Å². The van der Waals surface area contributed by atoms with Gasteiger partial charge in [-0.1, -0.05) is 48.5 Å². The van der Waals surface area contributed by atoms with E-state index in [1.807, 2.05) is 29.8 Å². The van der Waals surface area contributed by atoms with Gasteiger partial charge in [0.25, 0.3) is 0 Å². The number of aryl methyl sites for hydroxylation is 1. The van der Waals surface area contributed by atoms with Crippen LogP contribution in [-0.2, 0) is 13.6 Å². The molecule has 0 amide bonds. The largest absolute Gasteiger partial charge is 0.369 e. The zero-order chi connectivity index (χ0) is 22.1. The Balaban J connectivity index is 1.30. The summed E-state index contributed by atoms with van der Waals surface area (Å²) in [6, 6.07) is 24.0. The Morgan fingerprint density at radius 2 is 1.59 bits per heavy atom. The third kappa shape index (κ3) is 4.11. The maximum absolute atomic E-state index is 13.5. The summed E-state index contributed by atoms with van der Waals surface area (Å²) in [6.45, 7) is 4.76. The molecular formula is C26H28FN5. The van der Waals surface area contributed by atoms with E-state index in [4.69, 9.17) is 5.73 Å². The molecule has 4 aromatic rings. The second kappa shape index (κ2) is 8.73. The Hall–Kier alpha value is -3.22. The number of halogens is 1. The quantitative estimate of drug-likeness (QED) is 0.517. The van der Waals surface area contributed by atoms with Crippen molar-refractivity contribution >= 4 is 17.0 Å². The van der Waals surface area contributed by atoms with Crippen molar-refractivity contribution in [2.45, 2.75) is 12.6 Å². The highest BCUT2D eigenvalue weighted by atomic mass is 19.1. The smallest absolute Gasteiger partial charge is 0.200 e. The number of nitrogens with zero attached hydrogens (tertiary/aromatic N) is 4. The predicted octanol–water partition coefficient (Wildman–Crippen LogP) is 4.20. The van der Waals surface area contributed by atoms with Gasteiger partial charge in [0, 0.05) is 39.8 Å². The third-order valence-electron chi connectivity index (χ3n) is 6.46.